The maximum atomic E-state index is 5.16. The van der Waals surface area contributed by atoms with Crippen molar-refractivity contribution < 1.29 is 4.74 Å². The van der Waals surface area contributed by atoms with Crippen LogP contribution in [0.25, 0.3) is 0 Å². The second-order valence-electron chi connectivity index (χ2n) is 3.92. The number of nitrogens with one attached hydrogen (secondary N) is 2. The number of benzene rings is 1. The summed E-state index contributed by atoms with van der Waals surface area (Å²) in [7, 11) is 1.69. The van der Waals surface area contributed by atoms with Gasteiger partial charge in [0, 0.05) is 20.2 Å². The largest absolute Gasteiger partial charge is 0.380 e. The van der Waals surface area contributed by atoms with E-state index in [0.29, 0.717) is 5.11 Å². The first-order chi connectivity index (χ1) is 8.22. The quantitative estimate of drug-likeness (QED) is 0.756. The van der Waals surface area contributed by atoms with Gasteiger partial charge in [0.2, 0.25) is 0 Å². The van der Waals surface area contributed by atoms with E-state index in [1.54, 1.807) is 7.11 Å². The molecular weight excluding hydrogens is 232 g/mol. The van der Waals surface area contributed by atoms with E-state index in [4.69, 9.17) is 17.0 Å². The van der Waals surface area contributed by atoms with Gasteiger partial charge in [0.1, 0.15) is 0 Å². The van der Waals surface area contributed by atoms with E-state index >= 15 is 0 Å². The molecule has 0 fully saturated rings. The Hall–Kier alpha value is -1.13. The molecule has 0 aliphatic heterocycles. The van der Waals surface area contributed by atoms with Crippen molar-refractivity contribution in [2.24, 2.45) is 0 Å². The number of hydrogen-bond donors (Lipinski definition) is 2. The molecule has 1 aromatic rings. The topological polar surface area (TPSA) is 33.3 Å². The van der Waals surface area contributed by atoms with Gasteiger partial charge < -0.3 is 15.4 Å². The van der Waals surface area contributed by atoms with E-state index < -0.39 is 0 Å². The van der Waals surface area contributed by atoms with Gasteiger partial charge in [-0.3, -0.25) is 0 Å². The average molecular weight is 252 g/mol. The highest BCUT2D eigenvalue weighted by Gasteiger charge is 2.00. The van der Waals surface area contributed by atoms with Crippen molar-refractivity contribution in [3.05, 3.63) is 35.9 Å². The lowest BCUT2D eigenvalue weighted by Crippen LogP contribution is -2.40. The zero-order valence-electron chi connectivity index (χ0n) is 10.4. The number of thiocarbonyl (C=S) groups is 1. The molecule has 1 atom stereocenters. The van der Waals surface area contributed by atoms with Gasteiger partial charge in [-0.2, -0.15) is 0 Å². The van der Waals surface area contributed by atoms with Crippen LogP contribution in [0.5, 0.6) is 0 Å². The van der Waals surface area contributed by atoms with Crippen LogP contribution in [0.3, 0.4) is 0 Å². The molecule has 0 aliphatic carbocycles. The molecule has 0 bridgehead atoms. The lowest BCUT2D eigenvalue weighted by molar-refractivity contribution is 0.121. The number of methoxy groups -OCH3 is 1. The maximum Gasteiger partial charge on any atom is 0.166 e. The molecule has 0 saturated heterocycles. The van der Waals surface area contributed by atoms with E-state index in [9.17, 15) is 0 Å². The van der Waals surface area contributed by atoms with Gasteiger partial charge in [-0.15, -0.1) is 0 Å². The van der Waals surface area contributed by atoms with Gasteiger partial charge in [-0.05, 0) is 31.1 Å². The highest BCUT2D eigenvalue weighted by Crippen LogP contribution is 1.97. The van der Waals surface area contributed by atoms with Crippen molar-refractivity contribution in [1.82, 2.24) is 10.6 Å². The minimum absolute atomic E-state index is 0.170. The monoisotopic (exact) mass is 252 g/mol. The van der Waals surface area contributed by atoms with Crippen LogP contribution in [0.2, 0.25) is 0 Å². The van der Waals surface area contributed by atoms with Crippen molar-refractivity contribution in [2.75, 3.05) is 20.2 Å². The predicted octanol–water partition coefficient (Wildman–Crippen LogP) is 1.73. The minimum atomic E-state index is 0.170. The Balaban J connectivity index is 2.12. The third-order valence-electron chi connectivity index (χ3n) is 2.49. The molecule has 0 heterocycles. The Labute approximate surface area is 109 Å². The molecule has 3 nitrogen and oxygen atoms in total. The zero-order chi connectivity index (χ0) is 12.5. The van der Waals surface area contributed by atoms with Gasteiger partial charge in [0.05, 0.1) is 6.10 Å². The van der Waals surface area contributed by atoms with Crippen molar-refractivity contribution in [2.45, 2.75) is 19.4 Å². The number of hydrogen-bond acceptors (Lipinski definition) is 2. The fraction of sp³-hybridized carbons (Fsp3) is 0.462. The molecule has 4 heteroatoms. The SMILES string of the molecule is COC(C)CNC(=S)NCCc1ccccc1. The van der Waals surface area contributed by atoms with Crippen LogP contribution in [0.4, 0.5) is 0 Å². The molecule has 94 valence electrons. The summed E-state index contributed by atoms with van der Waals surface area (Å²) in [6.07, 6.45) is 1.14. The zero-order valence-corrected chi connectivity index (χ0v) is 11.2. The van der Waals surface area contributed by atoms with Gasteiger partial charge in [-0.25, -0.2) is 0 Å². The van der Waals surface area contributed by atoms with Crippen molar-refractivity contribution in [3.63, 3.8) is 0 Å². The predicted molar refractivity (Wildman–Crippen MR) is 75.2 cm³/mol. The molecule has 17 heavy (non-hydrogen) atoms. The fourth-order valence-corrected chi connectivity index (χ4v) is 1.53. The molecule has 0 amide bonds. The third-order valence-corrected chi connectivity index (χ3v) is 2.78. The average Bonchev–Trinajstić information content (AvgIpc) is 2.37. The van der Waals surface area contributed by atoms with E-state index in [1.807, 2.05) is 25.1 Å². The first-order valence-corrected chi connectivity index (χ1v) is 6.21. The summed E-state index contributed by atoms with van der Waals surface area (Å²) in [5.41, 5.74) is 1.31. The lowest BCUT2D eigenvalue weighted by atomic mass is 10.1. The maximum absolute atomic E-state index is 5.16. The van der Waals surface area contributed by atoms with Crippen LogP contribution < -0.4 is 10.6 Å². The molecule has 2 N–H and O–H groups in total. The van der Waals surface area contributed by atoms with E-state index in [0.717, 1.165) is 19.5 Å². The van der Waals surface area contributed by atoms with Crippen LogP contribution in [-0.2, 0) is 11.2 Å². The van der Waals surface area contributed by atoms with Gasteiger partial charge >= 0.3 is 0 Å². The molecule has 1 unspecified atom stereocenters. The Morgan fingerprint density at radius 1 is 1.29 bits per heavy atom. The van der Waals surface area contributed by atoms with Gasteiger partial charge in [-0.1, -0.05) is 30.3 Å². The lowest BCUT2D eigenvalue weighted by Gasteiger charge is -2.13. The Bertz CT molecular complexity index is 329. The van der Waals surface area contributed by atoms with E-state index in [1.165, 1.54) is 5.56 Å². The van der Waals surface area contributed by atoms with Gasteiger partial charge in [0.15, 0.2) is 5.11 Å². The second-order valence-corrected chi connectivity index (χ2v) is 4.33. The number of ether oxygens (including phenoxy) is 1. The van der Waals surface area contributed by atoms with Crippen LogP contribution in [0, 0.1) is 0 Å². The van der Waals surface area contributed by atoms with Crippen LogP contribution in [0.15, 0.2) is 30.3 Å². The Morgan fingerprint density at radius 3 is 2.65 bits per heavy atom. The normalized spacial score (nSPS) is 11.9. The van der Waals surface area contributed by atoms with Crippen molar-refractivity contribution in [1.29, 1.82) is 0 Å². The molecule has 0 aliphatic rings. The van der Waals surface area contributed by atoms with Crippen LogP contribution in [-0.4, -0.2) is 31.4 Å². The smallest absolute Gasteiger partial charge is 0.166 e. The second kappa shape index (κ2) is 8.03. The Kier molecular flexibility index (Phi) is 6.58. The molecule has 0 saturated carbocycles. The summed E-state index contributed by atoms with van der Waals surface area (Å²) in [5, 5.41) is 6.98. The molecule has 1 rings (SSSR count). The minimum Gasteiger partial charge on any atom is -0.380 e. The molecular formula is C13H20N2OS. The summed E-state index contributed by atoms with van der Waals surface area (Å²) < 4.78 is 5.12. The fourth-order valence-electron chi connectivity index (χ4n) is 1.35. The molecule has 1 aromatic carbocycles. The van der Waals surface area contributed by atoms with Crippen molar-refractivity contribution >= 4 is 17.3 Å². The van der Waals surface area contributed by atoms with E-state index in [-0.39, 0.29) is 6.10 Å². The standard InChI is InChI=1S/C13H20N2OS/c1-11(16-2)10-15-13(17)14-9-8-12-6-4-3-5-7-12/h3-7,11H,8-10H2,1-2H3,(H2,14,15,17). The summed E-state index contributed by atoms with van der Waals surface area (Å²) in [5.74, 6) is 0. The number of rotatable bonds is 6. The summed E-state index contributed by atoms with van der Waals surface area (Å²) in [4.78, 5) is 0. The first kappa shape index (κ1) is 13.9. The Morgan fingerprint density at radius 2 is 2.00 bits per heavy atom. The summed E-state index contributed by atoms with van der Waals surface area (Å²) in [6.45, 7) is 3.57. The highest BCUT2D eigenvalue weighted by atomic mass is 32.1. The highest BCUT2D eigenvalue weighted by molar-refractivity contribution is 7.80. The van der Waals surface area contributed by atoms with Gasteiger partial charge in [0.25, 0.3) is 0 Å². The third kappa shape index (κ3) is 6.24. The molecule has 0 radical (unpaired) electrons. The molecule has 0 aromatic heterocycles. The summed E-state index contributed by atoms with van der Waals surface area (Å²) >= 11 is 5.16. The van der Waals surface area contributed by atoms with Crippen LogP contribution in [0.1, 0.15) is 12.5 Å². The first-order valence-electron chi connectivity index (χ1n) is 5.81. The summed E-state index contributed by atoms with van der Waals surface area (Å²) in [6, 6.07) is 10.4. The van der Waals surface area contributed by atoms with Crippen molar-refractivity contribution in [3.8, 4) is 0 Å². The van der Waals surface area contributed by atoms with Crippen LogP contribution >= 0.6 is 12.2 Å². The molecule has 0 spiro atoms. The van der Waals surface area contributed by atoms with E-state index in [2.05, 4.69) is 22.8 Å².